The molecule has 0 saturated carbocycles. The number of ether oxygens (including phenoxy) is 1. The topological polar surface area (TPSA) is 85.1 Å². The molecule has 0 amide bonds. The molecule has 0 radical (unpaired) electrons. The van der Waals surface area contributed by atoms with E-state index >= 15 is 0 Å². The van der Waals surface area contributed by atoms with Gasteiger partial charge in [0.05, 0.1) is 12.8 Å². The highest BCUT2D eigenvalue weighted by atomic mass is 32.2. The summed E-state index contributed by atoms with van der Waals surface area (Å²) in [5.74, 6) is 7.34. The van der Waals surface area contributed by atoms with E-state index < -0.39 is 0 Å². The maximum Gasteiger partial charge on any atom is 0.191 e. The average molecular weight is 277 g/mol. The summed E-state index contributed by atoms with van der Waals surface area (Å²) in [7, 11) is 1.63. The Morgan fingerprint density at radius 1 is 1.21 bits per heavy atom. The minimum absolute atomic E-state index is 0.553. The van der Waals surface area contributed by atoms with Crippen molar-refractivity contribution in [2.75, 3.05) is 24.1 Å². The fourth-order valence-electron chi connectivity index (χ4n) is 1.54. The molecule has 2 aromatic rings. The Morgan fingerprint density at radius 3 is 2.63 bits per heavy atom. The van der Waals surface area contributed by atoms with E-state index in [1.807, 2.05) is 30.5 Å². The first-order valence-electron chi connectivity index (χ1n) is 5.56. The molecule has 6 nitrogen and oxygen atoms in total. The highest BCUT2D eigenvalue weighted by Gasteiger charge is 2.06. The van der Waals surface area contributed by atoms with E-state index in [-0.39, 0.29) is 0 Å². The van der Waals surface area contributed by atoms with Gasteiger partial charge in [-0.25, -0.2) is 15.8 Å². The van der Waals surface area contributed by atoms with Crippen molar-refractivity contribution in [3.63, 3.8) is 0 Å². The fraction of sp³-hybridized carbons (Fsp3) is 0.167. The zero-order valence-corrected chi connectivity index (χ0v) is 11.5. The van der Waals surface area contributed by atoms with Gasteiger partial charge in [-0.3, -0.25) is 0 Å². The van der Waals surface area contributed by atoms with E-state index in [4.69, 9.17) is 10.6 Å². The SMILES string of the molecule is COc1ccccc1Nc1cc(NN)nc(SC)n1. The Labute approximate surface area is 115 Å². The van der Waals surface area contributed by atoms with Crippen LogP contribution >= 0.6 is 11.8 Å². The number of hydrazine groups is 1. The van der Waals surface area contributed by atoms with Crippen molar-refractivity contribution in [2.45, 2.75) is 5.16 Å². The van der Waals surface area contributed by atoms with Gasteiger partial charge in [-0.2, -0.15) is 0 Å². The monoisotopic (exact) mass is 277 g/mol. The third-order valence-electron chi connectivity index (χ3n) is 2.41. The van der Waals surface area contributed by atoms with E-state index in [1.165, 1.54) is 11.8 Å². The second-order valence-corrected chi connectivity index (χ2v) is 4.37. The summed E-state index contributed by atoms with van der Waals surface area (Å²) < 4.78 is 5.28. The van der Waals surface area contributed by atoms with Crippen LogP contribution in [-0.4, -0.2) is 23.3 Å². The summed E-state index contributed by atoms with van der Waals surface area (Å²) in [5, 5.41) is 3.82. The number of anilines is 3. The zero-order chi connectivity index (χ0) is 13.7. The molecule has 2 rings (SSSR count). The molecule has 0 aliphatic heterocycles. The number of aromatic nitrogens is 2. The highest BCUT2D eigenvalue weighted by Crippen LogP contribution is 2.27. The van der Waals surface area contributed by atoms with Crippen LogP contribution in [-0.2, 0) is 0 Å². The standard InChI is InChI=1S/C12H15N5OS/c1-18-9-6-4-3-5-8(9)14-10-7-11(17-13)16-12(15-10)19-2/h3-7H,13H2,1-2H3,(H2,14,15,16,17). The first-order valence-corrected chi connectivity index (χ1v) is 6.79. The molecule has 4 N–H and O–H groups in total. The smallest absolute Gasteiger partial charge is 0.191 e. The van der Waals surface area contributed by atoms with Crippen LogP contribution in [0, 0.1) is 0 Å². The molecule has 19 heavy (non-hydrogen) atoms. The van der Waals surface area contributed by atoms with Gasteiger partial charge in [-0.1, -0.05) is 23.9 Å². The fourth-order valence-corrected chi connectivity index (χ4v) is 1.92. The summed E-state index contributed by atoms with van der Waals surface area (Å²) in [5.41, 5.74) is 3.35. The lowest BCUT2D eigenvalue weighted by Gasteiger charge is -2.11. The Morgan fingerprint density at radius 2 is 1.95 bits per heavy atom. The Balaban J connectivity index is 2.32. The average Bonchev–Trinajstić information content (AvgIpc) is 2.47. The number of nitrogens with one attached hydrogen (secondary N) is 2. The van der Waals surface area contributed by atoms with Gasteiger partial charge in [0.1, 0.15) is 17.4 Å². The van der Waals surface area contributed by atoms with Crippen LogP contribution in [0.1, 0.15) is 0 Å². The first-order chi connectivity index (χ1) is 9.26. The number of hydrogen-bond donors (Lipinski definition) is 3. The third kappa shape index (κ3) is 3.27. The van der Waals surface area contributed by atoms with E-state index in [0.29, 0.717) is 16.8 Å². The number of thioether (sulfide) groups is 1. The predicted octanol–water partition coefficient (Wildman–Crippen LogP) is 2.24. The Bertz CT molecular complexity index is 541. The summed E-state index contributed by atoms with van der Waals surface area (Å²) in [6.45, 7) is 0. The molecule has 0 fully saturated rings. The predicted molar refractivity (Wildman–Crippen MR) is 77.9 cm³/mol. The summed E-state index contributed by atoms with van der Waals surface area (Å²) in [6.07, 6.45) is 1.91. The van der Waals surface area contributed by atoms with Gasteiger partial charge in [0.25, 0.3) is 0 Å². The molecule has 7 heteroatoms. The summed E-state index contributed by atoms with van der Waals surface area (Å²) in [6, 6.07) is 9.34. The number of nitrogens with zero attached hydrogens (tertiary/aromatic N) is 2. The molecule has 0 saturated heterocycles. The highest BCUT2D eigenvalue weighted by molar-refractivity contribution is 7.98. The lowest BCUT2D eigenvalue weighted by atomic mass is 10.3. The number of para-hydroxylation sites is 2. The van der Waals surface area contributed by atoms with Crippen LogP contribution in [0.2, 0.25) is 0 Å². The molecule has 0 unspecified atom stereocenters. The second-order valence-electron chi connectivity index (χ2n) is 3.59. The van der Waals surface area contributed by atoms with Crippen LogP contribution in [0.15, 0.2) is 35.5 Å². The minimum Gasteiger partial charge on any atom is -0.495 e. The van der Waals surface area contributed by atoms with Gasteiger partial charge in [0.15, 0.2) is 5.16 Å². The lowest BCUT2D eigenvalue weighted by Crippen LogP contribution is -2.10. The number of nitrogens with two attached hydrogens (primary N) is 1. The molecule has 0 atom stereocenters. The molecule has 100 valence electrons. The van der Waals surface area contributed by atoms with Gasteiger partial charge < -0.3 is 15.5 Å². The van der Waals surface area contributed by atoms with Crippen LogP contribution < -0.4 is 21.3 Å². The third-order valence-corrected chi connectivity index (χ3v) is 2.95. The maximum atomic E-state index is 5.39. The van der Waals surface area contributed by atoms with Crippen LogP contribution in [0.3, 0.4) is 0 Å². The number of hydrogen-bond acceptors (Lipinski definition) is 7. The largest absolute Gasteiger partial charge is 0.495 e. The number of nitrogen functional groups attached to an aromatic ring is 1. The lowest BCUT2D eigenvalue weighted by molar-refractivity contribution is 0.417. The molecule has 0 spiro atoms. The van der Waals surface area contributed by atoms with E-state index in [1.54, 1.807) is 13.2 Å². The molecule has 0 aliphatic rings. The van der Waals surface area contributed by atoms with Crippen LogP contribution in [0.5, 0.6) is 5.75 Å². The van der Waals surface area contributed by atoms with Crippen LogP contribution in [0.4, 0.5) is 17.3 Å². The van der Waals surface area contributed by atoms with Gasteiger partial charge in [0.2, 0.25) is 0 Å². The second kappa shape index (κ2) is 6.26. The van der Waals surface area contributed by atoms with Crippen molar-refractivity contribution < 1.29 is 4.74 Å². The van der Waals surface area contributed by atoms with Crippen LogP contribution in [0.25, 0.3) is 0 Å². The van der Waals surface area contributed by atoms with Crippen molar-refractivity contribution >= 4 is 29.1 Å². The first kappa shape index (κ1) is 13.4. The van der Waals surface area contributed by atoms with Gasteiger partial charge in [-0.05, 0) is 18.4 Å². The van der Waals surface area contributed by atoms with Crippen molar-refractivity contribution in [3.05, 3.63) is 30.3 Å². The molecule has 0 aliphatic carbocycles. The van der Waals surface area contributed by atoms with E-state index in [2.05, 4.69) is 20.7 Å². The van der Waals surface area contributed by atoms with Crippen molar-refractivity contribution in [1.82, 2.24) is 9.97 Å². The molecule has 0 bridgehead atoms. The van der Waals surface area contributed by atoms with Gasteiger partial charge in [0, 0.05) is 6.07 Å². The molecular weight excluding hydrogens is 262 g/mol. The normalized spacial score (nSPS) is 10.1. The van der Waals surface area contributed by atoms with Gasteiger partial charge in [-0.15, -0.1) is 0 Å². The van der Waals surface area contributed by atoms with Crippen molar-refractivity contribution in [3.8, 4) is 5.75 Å². The number of methoxy groups -OCH3 is 1. The zero-order valence-electron chi connectivity index (χ0n) is 10.7. The quantitative estimate of drug-likeness (QED) is 0.334. The Hall–Kier alpha value is -1.99. The van der Waals surface area contributed by atoms with Crippen molar-refractivity contribution in [2.24, 2.45) is 5.84 Å². The summed E-state index contributed by atoms with van der Waals surface area (Å²) in [4.78, 5) is 8.56. The van der Waals surface area contributed by atoms with Crippen molar-refractivity contribution in [1.29, 1.82) is 0 Å². The Kier molecular flexibility index (Phi) is 4.43. The maximum absolute atomic E-state index is 5.39. The summed E-state index contributed by atoms with van der Waals surface area (Å²) >= 11 is 1.44. The van der Waals surface area contributed by atoms with E-state index in [0.717, 1.165) is 11.4 Å². The molecule has 1 aromatic heterocycles. The molecule has 1 heterocycles. The number of benzene rings is 1. The molecule has 1 aromatic carbocycles. The van der Waals surface area contributed by atoms with Gasteiger partial charge >= 0.3 is 0 Å². The molecular formula is C12H15N5OS. The minimum atomic E-state index is 0.553. The van der Waals surface area contributed by atoms with E-state index in [9.17, 15) is 0 Å². The number of rotatable bonds is 5.